The van der Waals surface area contributed by atoms with Crippen molar-refractivity contribution in [2.45, 2.75) is 32.4 Å². The first kappa shape index (κ1) is 16.7. The van der Waals surface area contributed by atoms with Gasteiger partial charge >= 0.3 is 6.61 Å². The highest BCUT2D eigenvalue weighted by Crippen LogP contribution is 2.29. The van der Waals surface area contributed by atoms with Crippen molar-refractivity contribution in [2.75, 3.05) is 7.11 Å². The Kier molecular flexibility index (Phi) is 5.47. The van der Waals surface area contributed by atoms with E-state index in [1.54, 1.807) is 13.8 Å². The lowest BCUT2D eigenvalue weighted by Gasteiger charge is -2.21. The van der Waals surface area contributed by atoms with Crippen molar-refractivity contribution in [2.24, 2.45) is 0 Å². The zero-order valence-electron chi connectivity index (χ0n) is 11.9. The number of nitrogens with zero attached hydrogens (tertiary/aromatic N) is 1. The minimum atomic E-state index is -2.99. The number of benzene rings is 1. The van der Waals surface area contributed by atoms with E-state index in [0.29, 0.717) is 6.42 Å². The molecule has 0 heterocycles. The van der Waals surface area contributed by atoms with Crippen LogP contribution in [0.3, 0.4) is 0 Å². The summed E-state index contributed by atoms with van der Waals surface area (Å²) in [5.41, 5.74) is -0.814. The second-order valence-corrected chi connectivity index (χ2v) is 4.50. The molecule has 0 aromatic heterocycles. The van der Waals surface area contributed by atoms with E-state index < -0.39 is 18.1 Å². The average molecular weight is 298 g/mol. The monoisotopic (exact) mass is 298 g/mol. The van der Waals surface area contributed by atoms with Crippen molar-refractivity contribution < 1.29 is 23.0 Å². The number of carbonyl (C=O) groups excluding carboxylic acids is 1. The number of methoxy groups -OCH3 is 1. The van der Waals surface area contributed by atoms with E-state index in [-0.39, 0.29) is 17.1 Å². The Labute approximate surface area is 121 Å². The molecule has 0 unspecified atom stereocenters. The molecule has 1 amide bonds. The SMILES string of the molecule is CC[C@@](C)(C#N)NC(=O)c1ccc(OC(F)F)c(OC)c1. The predicted octanol–water partition coefficient (Wildman–Crippen LogP) is 2.72. The van der Waals surface area contributed by atoms with Gasteiger partial charge in [0.05, 0.1) is 13.2 Å². The lowest BCUT2D eigenvalue weighted by atomic mass is 10.0. The topological polar surface area (TPSA) is 71.4 Å². The summed E-state index contributed by atoms with van der Waals surface area (Å²) in [7, 11) is 1.28. The van der Waals surface area contributed by atoms with Gasteiger partial charge in [0.15, 0.2) is 11.5 Å². The fraction of sp³-hybridized carbons (Fsp3) is 0.429. The van der Waals surface area contributed by atoms with Gasteiger partial charge in [-0.05, 0) is 31.5 Å². The molecule has 0 aliphatic heterocycles. The first-order valence-corrected chi connectivity index (χ1v) is 6.22. The number of amides is 1. The second kappa shape index (κ2) is 6.88. The summed E-state index contributed by atoms with van der Waals surface area (Å²) in [6.07, 6.45) is 0.430. The van der Waals surface area contributed by atoms with Gasteiger partial charge in [-0.25, -0.2) is 0 Å². The first-order chi connectivity index (χ1) is 9.85. The van der Waals surface area contributed by atoms with Crippen molar-refractivity contribution in [3.8, 4) is 17.6 Å². The van der Waals surface area contributed by atoms with Crippen LogP contribution in [0.25, 0.3) is 0 Å². The number of ether oxygens (including phenoxy) is 2. The number of hydrogen-bond donors (Lipinski definition) is 1. The molecule has 0 saturated heterocycles. The van der Waals surface area contributed by atoms with Gasteiger partial charge in [0.25, 0.3) is 5.91 Å². The van der Waals surface area contributed by atoms with Crippen LogP contribution in [-0.2, 0) is 0 Å². The molecule has 0 fully saturated rings. The van der Waals surface area contributed by atoms with Crippen LogP contribution in [0.4, 0.5) is 8.78 Å². The minimum absolute atomic E-state index is 0.0121. The van der Waals surface area contributed by atoms with Crippen molar-refractivity contribution in [1.82, 2.24) is 5.32 Å². The number of alkyl halides is 2. The average Bonchev–Trinajstić information content (AvgIpc) is 2.46. The molecule has 1 rings (SSSR count). The van der Waals surface area contributed by atoms with Crippen LogP contribution in [0.5, 0.6) is 11.5 Å². The summed E-state index contributed by atoms with van der Waals surface area (Å²) in [5, 5.41) is 11.6. The maximum atomic E-state index is 12.2. The fourth-order valence-electron chi connectivity index (χ4n) is 1.52. The molecule has 1 aromatic rings. The summed E-state index contributed by atoms with van der Waals surface area (Å²) in [4.78, 5) is 12.1. The molecule has 0 aliphatic carbocycles. The van der Waals surface area contributed by atoms with E-state index in [1.165, 1.54) is 25.3 Å². The molecule has 0 radical (unpaired) electrons. The number of nitrogens with one attached hydrogen (secondary N) is 1. The smallest absolute Gasteiger partial charge is 0.387 e. The molecule has 0 spiro atoms. The predicted molar refractivity (Wildman–Crippen MR) is 71.4 cm³/mol. The molecule has 5 nitrogen and oxygen atoms in total. The van der Waals surface area contributed by atoms with Crippen LogP contribution in [0.15, 0.2) is 18.2 Å². The Morgan fingerprint density at radius 1 is 1.48 bits per heavy atom. The molecular formula is C14H16F2N2O3. The molecule has 0 bridgehead atoms. The third kappa shape index (κ3) is 4.31. The molecule has 1 atom stereocenters. The highest BCUT2D eigenvalue weighted by Gasteiger charge is 2.25. The van der Waals surface area contributed by atoms with Gasteiger partial charge in [0, 0.05) is 5.56 Å². The molecule has 1 aromatic carbocycles. The van der Waals surface area contributed by atoms with Gasteiger partial charge in [0.2, 0.25) is 0 Å². The third-order valence-electron chi connectivity index (χ3n) is 2.99. The zero-order valence-corrected chi connectivity index (χ0v) is 11.9. The number of rotatable bonds is 6. The van der Waals surface area contributed by atoms with Crippen LogP contribution >= 0.6 is 0 Å². The highest BCUT2D eigenvalue weighted by atomic mass is 19.3. The molecule has 114 valence electrons. The number of carbonyl (C=O) groups is 1. The molecule has 21 heavy (non-hydrogen) atoms. The summed E-state index contributed by atoms with van der Waals surface area (Å²) in [6.45, 7) is 0.376. The van der Waals surface area contributed by atoms with Crippen LogP contribution < -0.4 is 14.8 Å². The summed E-state index contributed by atoms with van der Waals surface area (Å²) in [6, 6.07) is 5.83. The molecule has 1 N–H and O–H groups in total. The minimum Gasteiger partial charge on any atom is -0.493 e. The Bertz CT molecular complexity index is 558. The lowest BCUT2D eigenvalue weighted by molar-refractivity contribution is -0.0512. The van der Waals surface area contributed by atoms with E-state index in [1.807, 2.05) is 6.07 Å². The van der Waals surface area contributed by atoms with Crippen LogP contribution in [0, 0.1) is 11.3 Å². The van der Waals surface area contributed by atoms with Gasteiger partial charge in [-0.1, -0.05) is 6.92 Å². The van der Waals surface area contributed by atoms with Gasteiger partial charge in [-0.2, -0.15) is 14.0 Å². The van der Waals surface area contributed by atoms with E-state index in [2.05, 4.69) is 10.1 Å². The Morgan fingerprint density at radius 3 is 2.62 bits per heavy atom. The summed E-state index contributed by atoms with van der Waals surface area (Å²) < 4.78 is 33.6. The van der Waals surface area contributed by atoms with E-state index in [0.717, 1.165) is 0 Å². The van der Waals surface area contributed by atoms with Crippen molar-refractivity contribution in [3.05, 3.63) is 23.8 Å². The first-order valence-electron chi connectivity index (χ1n) is 6.22. The van der Waals surface area contributed by atoms with Gasteiger partial charge < -0.3 is 14.8 Å². The maximum absolute atomic E-state index is 12.2. The molecule has 0 aliphatic rings. The Balaban J connectivity index is 2.99. The van der Waals surface area contributed by atoms with Crippen molar-refractivity contribution >= 4 is 5.91 Å². The van der Waals surface area contributed by atoms with Crippen LogP contribution in [0.1, 0.15) is 30.6 Å². The summed E-state index contributed by atoms with van der Waals surface area (Å²) >= 11 is 0. The molecule has 0 saturated carbocycles. The van der Waals surface area contributed by atoms with E-state index >= 15 is 0 Å². The Hall–Kier alpha value is -2.36. The van der Waals surface area contributed by atoms with Crippen LogP contribution in [0.2, 0.25) is 0 Å². The lowest BCUT2D eigenvalue weighted by Crippen LogP contribution is -2.44. The second-order valence-electron chi connectivity index (χ2n) is 4.50. The normalized spacial score (nSPS) is 13.2. The largest absolute Gasteiger partial charge is 0.493 e. The number of nitriles is 1. The van der Waals surface area contributed by atoms with Gasteiger partial charge in [-0.3, -0.25) is 4.79 Å². The number of halogens is 2. The van der Waals surface area contributed by atoms with Gasteiger partial charge in [-0.15, -0.1) is 0 Å². The van der Waals surface area contributed by atoms with E-state index in [9.17, 15) is 13.6 Å². The third-order valence-corrected chi connectivity index (χ3v) is 2.99. The molecular weight excluding hydrogens is 282 g/mol. The Morgan fingerprint density at radius 2 is 2.14 bits per heavy atom. The molecule has 7 heteroatoms. The maximum Gasteiger partial charge on any atom is 0.387 e. The fourth-order valence-corrected chi connectivity index (χ4v) is 1.52. The van der Waals surface area contributed by atoms with Crippen LogP contribution in [-0.4, -0.2) is 25.2 Å². The number of hydrogen-bond acceptors (Lipinski definition) is 4. The van der Waals surface area contributed by atoms with Gasteiger partial charge in [0.1, 0.15) is 5.54 Å². The van der Waals surface area contributed by atoms with Crippen molar-refractivity contribution in [3.63, 3.8) is 0 Å². The summed E-state index contributed by atoms with van der Waals surface area (Å²) in [5.74, 6) is -0.650. The zero-order chi connectivity index (χ0) is 16.0. The van der Waals surface area contributed by atoms with Crippen molar-refractivity contribution in [1.29, 1.82) is 5.26 Å². The highest BCUT2D eigenvalue weighted by molar-refractivity contribution is 5.95. The standard InChI is InChI=1S/C14H16F2N2O3/c1-4-14(2,8-17)18-12(19)9-5-6-10(21-13(15)16)11(7-9)20-3/h5-7,13H,4H2,1-3H3,(H,18,19)/t14-/m0/s1. The quantitative estimate of drug-likeness (QED) is 0.876. The van der Waals surface area contributed by atoms with E-state index in [4.69, 9.17) is 10.00 Å².